The number of urea groups is 1. The molecule has 2 atom stereocenters. The van der Waals surface area contributed by atoms with Crippen LogP contribution in [-0.4, -0.2) is 53.8 Å². The van der Waals surface area contributed by atoms with Gasteiger partial charge in [-0.2, -0.15) is 0 Å². The molecular formula is C11H20N2O4. The summed E-state index contributed by atoms with van der Waals surface area (Å²) in [5, 5.41) is 11.3. The van der Waals surface area contributed by atoms with Gasteiger partial charge in [0.15, 0.2) is 0 Å². The Morgan fingerprint density at radius 2 is 2.29 bits per heavy atom. The highest BCUT2D eigenvalue weighted by Gasteiger charge is 2.26. The van der Waals surface area contributed by atoms with Crippen LogP contribution in [0.3, 0.4) is 0 Å². The van der Waals surface area contributed by atoms with Gasteiger partial charge in [0, 0.05) is 12.6 Å². The maximum absolute atomic E-state index is 11.9. The molecule has 0 spiro atoms. The fraction of sp³-hybridized carbons (Fsp3) is 0.818. The van der Waals surface area contributed by atoms with Crippen molar-refractivity contribution in [2.45, 2.75) is 38.8 Å². The maximum Gasteiger partial charge on any atom is 0.318 e. The van der Waals surface area contributed by atoms with Crippen LogP contribution in [0.2, 0.25) is 0 Å². The molecule has 0 saturated carbocycles. The van der Waals surface area contributed by atoms with Gasteiger partial charge in [0.2, 0.25) is 0 Å². The van der Waals surface area contributed by atoms with E-state index < -0.39 is 5.97 Å². The summed E-state index contributed by atoms with van der Waals surface area (Å²) in [7, 11) is 0. The van der Waals surface area contributed by atoms with Crippen molar-refractivity contribution < 1.29 is 19.4 Å². The second-order valence-electron chi connectivity index (χ2n) is 4.28. The normalized spacial score (nSPS) is 22.0. The van der Waals surface area contributed by atoms with E-state index in [1.165, 1.54) is 0 Å². The molecule has 6 heteroatoms. The van der Waals surface area contributed by atoms with Crippen LogP contribution in [0.1, 0.15) is 26.7 Å². The van der Waals surface area contributed by atoms with Gasteiger partial charge in [-0.3, -0.25) is 4.79 Å². The van der Waals surface area contributed by atoms with Gasteiger partial charge in [-0.25, -0.2) is 4.79 Å². The van der Waals surface area contributed by atoms with E-state index in [9.17, 15) is 9.59 Å². The first-order valence-corrected chi connectivity index (χ1v) is 5.91. The van der Waals surface area contributed by atoms with Crippen molar-refractivity contribution in [3.63, 3.8) is 0 Å². The van der Waals surface area contributed by atoms with Gasteiger partial charge in [0.25, 0.3) is 0 Å². The molecule has 2 unspecified atom stereocenters. The Kier molecular flexibility index (Phi) is 5.21. The second-order valence-corrected chi connectivity index (χ2v) is 4.28. The Hall–Kier alpha value is -1.30. The highest BCUT2D eigenvalue weighted by molar-refractivity contribution is 5.76. The highest BCUT2D eigenvalue weighted by Crippen LogP contribution is 2.10. The Bertz CT molecular complexity index is 283. The number of rotatable bonds is 4. The molecule has 1 heterocycles. The minimum absolute atomic E-state index is 0.0626. The smallest absolute Gasteiger partial charge is 0.318 e. The van der Waals surface area contributed by atoms with Gasteiger partial charge in [0.05, 0.1) is 25.7 Å². The van der Waals surface area contributed by atoms with Gasteiger partial charge in [-0.15, -0.1) is 0 Å². The van der Waals surface area contributed by atoms with Crippen LogP contribution in [0.5, 0.6) is 0 Å². The molecule has 2 N–H and O–H groups in total. The summed E-state index contributed by atoms with van der Waals surface area (Å²) in [5.41, 5.74) is 0. The Balaban J connectivity index is 2.47. The van der Waals surface area contributed by atoms with Crippen molar-refractivity contribution in [2.24, 2.45) is 0 Å². The monoisotopic (exact) mass is 244 g/mol. The molecule has 2 amide bonds. The molecule has 0 aromatic heterocycles. The van der Waals surface area contributed by atoms with Crippen molar-refractivity contribution in [1.29, 1.82) is 0 Å². The zero-order chi connectivity index (χ0) is 12.8. The zero-order valence-electron chi connectivity index (χ0n) is 10.3. The van der Waals surface area contributed by atoms with Crippen molar-refractivity contribution >= 4 is 12.0 Å². The Morgan fingerprint density at radius 1 is 1.59 bits per heavy atom. The minimum atomic E-state index is -0.910. The summed E-state index contributed by atoms with van der Waals surface area (Å²) in [6.45, 7) is 5.34. The number of hydrogen-bond donors (Lipinski definition) is 2. The highest BCUT2D eigenvalue weighted by atomic mass is 16.5. The first-order chi connectivity index (χ1) is 8.04. The van der Waals surface area contributed by atoms with Gasteiger partial charge < -0.3 is 20.1 Å². The van der Waals surface area contributed by atoms with E-state index in [1.54, 1.807) is 11.8 Å². The molecule has 1 fully saturated rings. The lowest BCUT2D eigenvalue weighted by Gasteiger charge is -2.35. The lowest BCUT2D eigenvalue weighted by atomic mass is 10.2. The van der Waals surface area contributed by atoms with Crippen LogP contribution in [0.15, 0.2) is 0 Å². The van der Waals surface area contributed by atoms with Crippen molar-refractivity contribution in [3.8, 4) is 0 Å². The average Bonchev–Trinajstić information content (AvgIpc) is 2.27. The zero-order valence-corrected chi connectivity index (χ0v) is 10.3. The number of hydrogen-bond acceptors (Lipinski definition) is 3. The largest absolute Gasteiger partial charge is 0.481 e. The summed E-state index contributed by atoms with van der Waals surface area (Å²) in [6.07, 6.45) is 0.771. The topological polar surface area (TPSA) is 78.9 Å². The first-order valence-electron chi connectivity index (χ1n) is 5.91. The van der Waals surface area contributed by atoms with E-state index in [0.717, 1.165) is 6.42 Å². The minimum Gasteiger partial charge on any atom is -0.481 e. The van der Waals surface area contributed by atoms with Crippen molar-refractivity contribution in [1.82, 2.24) is 10.2 Å². The van der Waals surface area contributed by atoms with E-state index in [1.807, 2.05) is 6.92 Å². The molecule has 0 aromatic rings. The van der Waals surface area contributed by atoms with Crippen LogP contribution in [0.4, 0.5) is 4.79 Å². The van der Waals surface area contributed by atoms with E-state index in [0.29, 0.717) is 19.8 Å². The molecule has 17 heavy (non-hydrogen) atoms. The van der Waals surface area contributed by atoms with Crippen LogP contribution in [0, 0.1) is 0 Å². The Labute approximate surface area is 101 Å². The fourth-order valence-corrected chi connectivity index (χ4v) is 1.87. The molecule has 98 valence electrons. The molecule has 0 aromatic carbocycles. The molecule has 0 aliphatic carbocycles. The van der Waals surface area contributed by atoms with Crippen LogP contribution in [-0.2, 0) is 9.53 Å². The van der Waals surface area contributed by atoms with E-state index in [2.05, 4.69) is 5.32 Å². The number of carbonyl (C=O) groups excluding carboxylic acids is 1. The third kappa shape index (κ3) is 4.22. The van der Waals surface area contributed by atoms with E-state index >= 15 is 0 Å². The first kappa shape index (κ1) is 13.8. The molecule has 1 aliphatic rings. The predicted molar refractivity (Wildman–Crippen MR) is 61.9 cm³/mol. The van der Waals surface area contributed by atoms with Crippen LogP contribution in [0.25, 0.3) is 0 Å². The number of carbonyl (C=O) groups is 2. The fourth-order valence-electron chi connectivity index (χ4n) is 1.87. The number of ether oxygens (including phenoxy) is 1. The second kappa shape index (κ2) is 6.44. The molecule has 1 saturated heterocycles. The SMILES string of the molecule is CCC1COCCN1C(=O)NC(C)CC(=O)O. The molecular weight excluding hydrogens is 224 g/mol. The van der Waals surface area contributed by atoms with Crippen LogP contribution >= 0.6 is 0 Å². The summed E-state index contributed by atoms with van der Waals surface area (Å²) < 4.78 is 5.31. The number of aliphatic carboxylic acids is 1. The number of morpholine rings is 1. The summed E-state index contributed by atoms with van der Waals surface area (Å²) in [4.78, 5) is 24.2. The third-order valence-electron chi connectivity index (χ3n) is 2.81. The predicted octanol–water partition coefficient (Wildman–Crippen LogP) is 0.670. The van der Waals surface area contributed by atoms with E-state index in [-0.39, 0.29) is 24.5 Å². The maximum atomic E-state index is 11.9. The number of carboxylic acid groups (broad SMARTS) is 1. The number of nitrogens with one attached hydrogen (secondary N) is 1. The third-order valence-corrected chi connectivity index (χ3v) is 2.81. The van der Waals surface area contributed by atoms with Crippen molar-refractivity contribution in [2.75, 3.05) is 19.8 Å². The van der Waals surface area contributed by atoms with Gasteiger partial charge >= 0.3 is 12.0 Å². The summed E-state index contributed by atoms with van der Waals surface area (Å²) >= 11 is 0. The molecule has 1 rings (SSSR count). The lowest BCUT2D eigenvalue weighted by Crippen LogP contribution is -2.53. The molecule has 0 bridgehead atoms. The summed E-state index contributed by atoms with van der Waals surface area (Å²) in [6, 6.07) is -0.477. The number of carboxylic acids is 1. The van der Waals surface area contributed by atoms with Gasteiger partial charge in [-0.1, -0.05) is 6.92 Å². The van der Waals surface area contributed by atoms with Crippen molar-refractivity contribution in [3.05, 3.63) is 0 Å². The standard InChI is InChI=1S/C11H20N2O4/c1-3-9-7-17-5-4-13(9)11(16)12-8(2)6-10(14)15/h8-9H,3-7H2,1-2H3,(H,12,16)(H,14,15). The lowest BCUT2D eigenvalue weighted by molar-refractivity contribution is -0.137. The van der Waals surface area contributed by atoms with Gasteiger partial charge in [-0.05, 0) is 13.3 Å². The molecule has 0 radical (unpaired) electrons. The quantitative estimate of drug-likeness (QED) is 0.762. The molecule has 6 nitrogen and oxygen atoms in total. The summed E-state index contributed by atoms with van der Waals surface area (Å²) in [5.74, 6) is -0.910. The number of amides is 2. The number of nitrogens with zero attached hydrogens (tertiary/aromatic N) is 1. The van der Waals surface area contributed by atoms with E-state index in [4.69, 9.17) is 9.84 Å². The Morgan fingerprint density at radius 3 is 2.88 bits per heavy atom. The molecule has 1 aliphatic heterocycles. The van der Waals surface area contributed by atoms with Crippen LogP contribution < -0.4 is 5.32 Å². The van der Waals surface area contributed by atoms with Gasteiger partial charge in [0.1, 0.15) is 0 Å². The average molecular weight is 244 g/mol.